The number of nitrogens with one attached hydrogen (secondary N) is 1. The van der Waals surface area contributed by atoms with Gasteiger partial charge in [0.1, 0.15) is 9.20 Å². The van der Waals surface area contributed by atoms with E-state index in [4.69, 9.17) is 18.0 Å². The van der Waals surface area contributed by atoms with Crippen LogP contribution in [0, 0.1) is 5.92 Å². The van der Waals surface area contributed by atoms with Gasteiger partial charge in [-0.05, 0) is 38.1 Å². The molecule has 0 amide bonds. The summed E-state index contributed by atoms with van der Waals surface area (Å²) in [6, 6.07) is 3.19. The molecule has 2 heterocycles. The number of rotatable bonds is 4. The molecule has 2 atom stereocenters. The number of hydrogen-bond acceptors (Lipinski definition) is 5. The zero-order valence-electron chi connectivity index (χ0n) is 11.5. The van der Waals surface area contributed by atoms with Gasteiger partial charge in [-0.2, -0.15) is 0 Å². The van der Waals surface area contributed by atoms with Crippen molar-refractivity contribution in [3.63, 3.8) is 0 Å². The topological polar surface area (TPSA) is 75.4 Å². The van der Waals surface area contributed by atoms with Crippen LogP contribution in [0.3, 0.4) is 0 Å². The molecule has 1 aliphatic rings. The molecule has 1 aliphatic heterocycles. The summed E-state index contributed by atoms with van der Waals surface area (Å²) in [6.45, 7) is 3.87. The lowest BCUT2D eigenvalue weighted by molar-refractivity contribution is 0.188. The number of sulfonamides is 1. The van der Waals surface area contributed by atoms with Crippen LogP contribution < -0.4 is 10.5 Å². The molecule has 112 valence electrons. The van der Waals surface area contributed by atoms with Crippen LogP contribution in [0.25, 0.3) is 0 Å². The van der Waals surface area contributed by atoms with Gasteiger partial charge in [0.2, 0.25) is 10.0 Å². The van der Waals surface area contributed by atoms with Gasteiger partial charge in [0.05, 0.1) is 4.88 Å². The summed E-state index contributed by atoms with van der Waals surface area (Å²) in [5, 5.41) is 0. The van der Waals surface area contributed by atoms with Crippen molar-refractivity contribution in [1.29, 1.82) is 0 Å². The maximum absolute atomic E-state index is 12.4. The molecule has 2 rings (SSSR count). The fourth-order valence-electron chi connectivity index (χ4n) is 2.38. The lowest BCUT2D eigenvalue weighted by atomic mass is 9.95. The van der Waals surface area contributed by atoms with Gasteiger partial charge in [-0.1, -0.05) is 19.1 Å². The number of nitrogens with two attached hydrogens (primary N) is 1. The smallest absolute Gasteiger partial charge is 0.250 e. The van der Waals surface area contributed by atoms with Crippen molar-refractivity contribution in [1.82, 2.24) is 9.62 Å². The van der Waals surface area contributed by atoms with Crippen LogP contribution in [0.5, 0.6) is 0 Å². The molecule has 5 nitrogen and oxygen atoms in total. The van der Waals surface area contributed by atoms with Crippen molar-refractivity contribution in [2.45, 2.75) is 23.6 Å². The highest BCUT2D eigenvalue weighted by Crippen LogP contribution is 2.24. The van der Waals surface area contributed by atoms with Crippen LogP contribution in [0.2, 0.25) is 0 Å². The first kappa shape index (κ1) is 15.8. The molecule has 0 radical (unpaired) electrons. The molecular weight excluding hydrogens is 314 g/mol. The molecule has 0 spiro atoms. The second-order valence-corrected chi connectivity index (χ2v) is 8.70. The van der Waals surface area contributed by atoms with Gasteiger partial charge in [0, 0.05) is 12.6 Å². The normalized spacial score (nSPS) is 24.7. The van der Waals surface area contributed by atoms with Gasteiger partial charge in [-0.15, -0.1) is 11.3 Å². The molecular formula is C12H19N3O2S3. The summed E-state index contributed by atoms with van der Waals surface area (Å²) in [6.07, 6.45) is 0.824. The zero-order chi connectivity index (χ0) is 14.9. The largest absolute Gasteiger partial charge is 0.389 e. The van der Waals surface area contributed by atoms with E-state index in [1.165, 1.54) is 0 Å². The predicted molar refractivity (Wildman–Crippen MR) is 85.6 cm³/mol. The molecule has 8 heteroatoms. The van der Waals surface area contributed by atoms with E-state index in [0.29, 0.717) is 10.8 Å². The number of nitrogens with zero attached hydrogens (tertiary/aromatic N) is 1. The SMILES string of the molecule is CC1CN(C)CCC1NS(=O)(=O)c1ccc(C(N)=S)s1. The van der Waals surface area contributed by atoms with Crippen molar-refractivity contribution in [3.8, 4) is 0 Å². The molecule has 1 saturated heterocycles. The van der Waals surface area contributed by atoms with Gasteiger partial charge in [0.25, 0.3) is 0 Å². The van der Waals surface area contributed by atoms with Gasteiger partial charge in [0.15, 0.2) is 0 Å². The summed E-state index contributed by atoms with van der Waals surface area (Å²) >= 11 is 5.97. The number of piperidine rings is 1. The van der Waals surface area contributed by atoms with Gasteiger partial charge in [-0.3, -0.25) is 0 Å². The highest BCUT2D eigenvalue weighted by Gasteiger charge is 2.29. The van der Waals surface area contributed by atoms with Gasteiger partial charge in [-0.25, -0.2) is 13.1 Å². The summed E-state index contributed by atoms with van der Waals surface area (Å²) in [7, 11) is -1.44. The van der Waals surface area contributed by atoms with E-state index in [2.05, 4.69) is 23.6 Å². The third-order valence-corrected chi connectivity index (χ3v) is 6.95. The van der Waals surface area contributed by atoms with Crippen LogP contribution in [-0.2, 0) is 10.0 Å². The monoisotopic (exact) mass is 333 g/mol. The van der Waals surface area contributed by atoms with E-state index in [1.807, 2.05) is 0 Å². The minimum Gasteiger partial charge on any atom is -0.389 e. The molecule has 20 heavy (non-hydrogen) atoms. The van der Waals surface area contributed by atoms with E-state index in [1.54, 1.807) is 12.1 Å². The third-order valence-electron chi connectivity index (χ3n) is 3.50. The van der Waals surface area contributed by atoms with Crippen molar-refractivity contribution in [2.24, 2.45) is 11.7 Å². The Morgan fingerprint density at radius 2 is 2.25 bits per heavy atom. The number of hydrogen-bond donors (Lipinski definition) is 2. The van der Waals surface area contributed by atoms with E-state index >= 15 is 0 Å². The third kappa shape index (κ3) is 3.56. The summed E-state index contributed by atoms with van der Waals surface area (Å²) in [5.41, 5.74) is 5.51. The molecule has 3 N–H and O–H groups in total. The van der Waals surface area contributed by atoms with Crippen LogP contribution in [0.15, 0.2) is 16.3 Å². The fraction of sp³-hybridized carbons (Fsp3) is 0.583. The molecule has 0 aromatic carbocycles. The fourth-order valence-corrected chi connectivity index (χ4v) is 5.13. The second-order valence-electron chi connectivity index (χ2n) is 5.24. The van der Waals surface area contributed by atoms with Crippen molar-refractivity contribution in [3.05, 3.63) is 17.0 Å². The number of thiophene rings is 1. The molecule has 1 aromatic heterocycles. The minimum absolute atomic E-state index is 0.0217. The Morgan fingerprint density at radius 3 is 2.80 bits per heavy atom. The van der Waals surface area contributed by atoms with Crippen molar-refractivity contribution >= 4 is 38.6 Å². The lowest BCUT2D eigenvalue weighted by Crippen LogP contribution is -2.48. The molecule has 0 aliphatic carbocycles. The summed E-state index contributed by atoms with van der Waals surface area (Å²) < 4.78 is 27.8. The minimum atomic E-state index is -3.49. The highest BCUT2D eigenvalue weighted by atomic mass is 32.2. The maximum atomic E-state index is 12.4. The molecule has 1 fully saturated rings. The van der Waals surface area contributed by atoms with Crippen LogP contribution in [-0.4, -0.2) is 44.5 Å². The molecule has 1 aromatic rings. The van der Waals surface area contributed by atoms with Gasteiger partial charge >= 0.3 is 0 Å². The molecule has 0 bridgehead atoms. The lowest BCUT2D eigenvalue weighted by Gasteiger charge is -2.34. The first-order valence-electron chi connectivity index (χ1n) is 6.40. The van der Waals surface area contributed by atoms with E-state index in [9.17, 15) is 8.42 Å². The Kier molecular flexibility index (Phi) is 4.80. The Bertz CT molecular complexity index is 597. The first-order chi connectivity index (χ1) is 9.29. The van der Waals surface area contributed by atoms with Crippen molar-refractivity contribution in [2.75, 3.05) is 20.1 Å². The zero-order valence-corrected chi connectivity index (χ0v) is 13.9. The van der Waals surface area contributed by atoms with Gasteiger partial charge < -0.3 is 10.6 Å². The highest BCUT2D eigenvalue weighted by molar-refractivity contribution is 7.91. The van der Waals surface area contributed by atoms with E-state index in [0.717, 1.165) is 30.8 Å². The Balaban J connectivity index is 2.12. The first-order valence-corrected chi connectivity index (χ1v) is 9.11. The average Bonchev–Trinajstić information content (AvgIpc) is 2.83. The molecule has 2 unspecified atom stereocenters. The maximum Gasteiger partial charge on any atom is 0.250 e. The van der Waals surface area contributed by atoms with E-state index in [-0.39, 0.29) is 15.2 Å². The van der Waals surface area contributed by atoms with E-state index < -0.39 is 10.0 Å². The Hall–Kier alpha value is -0.540. The number of likely N-dealkylation sites (tertiary alicyclic amines) is 1. The van der Waals surface area contributed by atoms with Crippen molar-refractivity contribution < 1.29 is 8.42 Å². The van der Waals surface area contributed by atoms with Crippen LogP contribution >= 0.6 is 23.6 Å². The Morgan fingerprint density at radius 1 is 1.55 bits per heavy atom. The molecule has 0 saturated carbocycles. The second kappa shape index (κ2) is 6.07. The quantitative estimate of drug-likeness (QED) is 0.804. The average molecular weight is 334 g/mol. The van der Waals surface area contributed by atoms with Crippen LogP contribution in [0.4, 0.5) is 0 Å². The Labute approximate surface area is 129 Å². The summed E-state index contributed by atoms with van der Waals surface area (Å²) in [4.78, 5) is 3.06. The standard InChI is InChI=1S/C12H19N3O2S3/c1-8-7-15(2)6-5-9(8)14-20(16,17)11-4-3-10(19-11)12(13)18/h3-4,8-9,14H,5-7H2,1-2H3,(H2,13,18). The van der Waals surface area contributed by atoms with Crippen LogP contribution in [0.1, 0.15) is 18.2 Å². The number of thiocarbonyl (C=S) groups is 1. The predicted octanol–water partition coefficient (Wildman–Crippen LogP) is 1.00. The summed E-state index contributed by atoms with van der Waals surface area (Å²) in [5.74, 6) is 0.290.